The first kappa shape index (κ1) is 24.0. The second kappa shape index (κ2) is 11.8. The van der Waals surface area contributed by atoms with Crippen LogP contribution in [0, 0.1) is 6.92 Å². The SMILES string of the molecule is Cc1ccc(CNC(=O)[C@H](c2ccccc2)N(Cc2ccccc2)C(=O)Cc2ccccc2)cc1. The van der Waals surface area contributed by atoms with Gasteiger partial charge in [0.05, 0.1) is 6.42 Å². The zero-order valence-corrected chi connectivity index (χ0v) is 19.9. The van der Waals surface area contributed by atoms with Crippen LogP contribution in [-0.2, 0) is 29.1 Å². The first-order valence-corrected chi connectivity index (χ1v) is 11.9. The zero-order chi connectivity index (χ0) is 24.5. The van der Waals surface area contributed by atoms with E-state index in [2.05, 4.69) is 5.32 Å². The normalized spacial score (nSPS) is 11.5. The van der Waals surface area contributed by atoms with Crippen molar-refractivity contribution in [2.75, 3.05) is 0 Å². The maximum atomic E-state index is 13.7. The molecule has 0 saturated heterocycles. The summed E-state index contributed by atoms with van der Waals surface area (Å²) < 4.78 is 0. The van der Waals surface area contributed by atoms with Crippen LogP contribution in [0.3, 0.4) is 0 Å². The quantitative estimate of drug-likeness (QED) is 0.351. The summed E-state index contributed by atoms with van der Waals surface area (Å²) in [6, 6.07) is 36.3. The summed E-state index contributed by atoms with van der Waals surface area (Å²) in [5.41, 5.74) is 4.86. The van der Waals surface area contributed by atoms with Crippen molar-refractivity contribution in [2.24, 2.45) is 0 Å². The second-order valence-electron chi connectivity index (χ2n) is 8.69. The monoisotopic (exact) mass is 462 g/mol. The lowest BCUT2D eigenvalue weighted by molar-refractivity contribution is -0.141. The van der Waals surface area contributed by atoms with Gasteiger partial charge in [0.1, 0.15) is 6.04 Å². The predicted octanol–water partition coefficient (Wildman–Crippen LogP) is 5.62. The predicted molar refractivity (Wildman–Crippen MR) is 139 cm³/mol. The molecule has 4 nitrogen and oxygen atoms in total. The highest BCUT2D eigenvalue weighted by Gasteiger charge is 2.31. The Morgan fingerprint density at radius 3 is 1.83 bits per heavy atom. The van der Waals surface area contributed by atoms with Crippen molar-refractivity contribution in [3.63, 3.8) is 0 Å². The molecule has 4 aromatic carbocycles. The van der Waals surface area contributed by atoms with Gasteiger partial charge < -0.3 is 10.2 Å². The number of benzene rings is 4. The highest BCUT2D eigenvalue weighted by molar-refractivity contribution is 5.89. The number of nitrogens with one attached hydrogen (secondary N) is 1. The van der Waals surface area contributed by atoms with E-state index < -0.39 is 6.04 Å². The standard InChI is InChI=1S/C31H30N2O2/c1-24-17-19-26(20-18-24)22-32-31(35)30(28-15-9-4-10-16-28)33(23-27-13-7-3-8-14-27)29(34)21-25-11-5-2-6-12-25/h2-20,30H,21-23H2,1H3,(H,32,35)/t30-/m0/s1. The van der Waals surface area contributed by atoms with E-state index >= 15 is 0 Å². The number of carbonyl (C=O) groups is 2. The largest absolute Gasteiger partial charge is 0.350 e. The van der Waals surface area contributed by atoms with Gasteiger partial charge in [-0.3, -0.25) is 9.59 Å². The number of aryl methyl sites for hydroxylation is 1. The van der Waals surface area contributed by atoms with E-state index in [-0.39, 0.29) is 18.2 Å². The molecule has 0 fully saturated rings. The van der Waals surface area contributed by atoms with Crippen molar-refractivity contribution >= 4 is 11.8 Å². The molecule has 4 heteroatoms. The van der Waals surface area contributed by atoms with E-state index in [1.165, 1.54) is 5.56 Å². The van der Waals surface area contributed by atoms with Crippen LogP contribution in [0.2, 0.25) is 0 Å². The Kier molecular flexibility index (Phi) is 8.08. The number of amides is 2. The number of nitrogens with zero attached hydrogens (tertiary/aromatic N) is 1. The smallest absolute Gasteiger partial charge is 0.247 e. The Morgan fingerprint density at radius 2 is 1.23 bits per heavy atom. The molecule has 0 aliphatic carbocycles. The summed E-state index contributed by atoms with van der Waals surface area (Å²) in [5.74, 6) is -0.298. The molecule has 0 aliphatic rings. The molecule has 0 aromatic heterocycles. The minimum Gasteiger partial charge on any atom is -0.350 e. The molecule has 2 amide bonds. The maximum Gasteiger partial charge on any atom is 0.247 e. The zero-order valence-electron chi connectivity index (χ0n) is 19.9. The molecule has 0 saturated carbocycles. The van der Waals surface area contributed by atoms with Crippen molar-refractivity contribution in [3.05, 3.63) is 143 Å². The van der Waals surface area contributed by atoms with Crippen molar-refractivity contribution in [3.8, 4) is 0 Å². The molecular weight excluding hydrogens is 432 g/mol. The van der Waals surface area contributed by atoms with Gasteiger partial charge >= 0.3 is 0 Å². The summed E-state index contributed by atoms with van der Waals surface area (Å²) >= 11 is 0. The van der Waals surface area contributed by atoms with Crippen LogP contribution in [0.5, 0.6) is 0 Å². The van der Waals surface area contributed by atoms with E-state index in [9.17, 15) is 9.59 Å². The van der Waals surface area contributed by atoms with Gasteiger partial charge in [0.25, 0.3) is 0 Å². The second-order valence-corrected chi connectivity index (χ2v) is 8.69. The first-order chi connectivity index (χ1) is 17.1. The summed E-state index contributed by atoms with van der Waals surface area (Å²) in [5, 5.41) is 3.07. The Labute approximate surface area is 207 Å². The van der Waals surface area contributed by atoms with Crippen LogP contribution in [0.4, 0.5) is 0 Å². The topological polar surface area (TPSA) is 49.4 Å². The van der Waals surface area contributed by atoms with Gasteiger partial charge in [-0.2, -0.15) is 0 Å². The third-order valence-electron chi connectivity index (χ3n) is 5.98. The average molecular weight is 463 g/mol. The maximum absolute atomic E-state index is 13.7. The van der Waals surface area contributed by atoms with Gasteiger partial charge in [-0.05, 0) is 29.2 Å². The van der Waals surface area contributed by atoms with Gasteiger partial charge in [-0.15, -0.1) is 0 Å². The van der Waals surface area contributed by atoms with E-state index in [4.69, 9.17) is 0 Å². The van der Waals surface area contributed by atoms with Crippen LogP contribution in [0.15, 0.2) is 115 Å². The third-order valence-corrected chi connectivity index (χ3v) is 5.98. The lowest BCUT2D eigenvalue weighted by Crippen LogP contribution is -2.43. The van der Waals surface area contributed by atoms with Crippen molar-refractivity contribution < 1.29 is 9.59 Å². The van der Waals surface area contributed by atoms with Crippen molar-refractivity contribution in [2.45, 2.75) is 32.5 Å². The van der Waals surface area contributed by atoms with Crippen LogP contribution >= 0.6 is 0 Å². The summed E-state index contributed by atoms with van der Waals surface area (Å²) in [6.45, 7) is 2.77. The summed E-state index contributed by atoms with van der Waals surface area (Å²) in [6.07, 6.45) is 0.224. The molecule has 0 aliphatic heterocycles. The fourth-order valence-electron chi connectivity index (χ4n) is 4.08. The molecular formula is C31H30N2O2. The van der Waals surface area contributed by atoms with Gasteiger partial charge in [-0.1, -0.05) is 121 Å². The van der Waals surface area contributed by atoms with Crippen molar-refractivity contribution in [1.29, 1.82) is 0 Å². The fourth-order valence-corrected chi connectivity index (χ4v) is 4.08. The number of carbonyl (C=O) groups excluding carboxylic acids is 2. The van der Waals surface area contributed by atoms with Gasteiger partial charge in [0.15, 0.2) is 0 Å². The van der Waals surface area contributed by atoms with Crippen LogP contribution in [-0.4, -0.2) is 16.7 Å². The molecule has 0 spiro atoms. The van der Waals surface area contributed by atoms with Crippen LogP contribution in [0.1, 0.15) is 33.9 Å². The van der Waals surface area contributed by atoms with E-state index in [0.717, 1.165) is 22.3 Å². The highest BCUT2D eigenvalue weighted by Crippen LogP contribution is 2.25. The molecule has 0 unspecified atom stereocenters. The molecule has 4 rings (SSSR count). The van der Waals surface area contributed by atoms with Crippen LogP contribution < -0.4 is 5.32 Å². The molecule has 0 radical (unpaired) electrons. The van der Waals surface area contributed by atoms with Gasteiger partial charge in [0.2, 0.25) is 11.8 Å². The van der Waals surface area contributed by atoms with Gasteiger partial charge in [-0.25, -0.2) is 0 Å². The lowest BCUT2D eigenvalue weighted by Gasteiger charge is -2.32. The van der Waals surface area contributed by atoms with Gasteiger partial charge in [0, 0.05) is 13.1 Å². The molecule has 1 N–H and O–H groups in total. The van der Waals surface area contributed by atoms with E-state index in [1.54, 1.807) is 4.90 Å². The average Bonchev–Trinajstić information content (AvgIpc) is 2.90. The summed E-state index contributed by atoms with van der Waals surface area (Å²) in [7, 11) is 0. The molecule has 1 atom stereocenters. The Morgan fingerprint density at radius 1 is 0.686 bits per heavy atom. The molecule has 0 bridgehead atoms. The molecule has 176 valence electrons. The van der Waals surface area contributed by atoms with E-state index in [0.29, 0.717) is 13.1 Å². The Balaban J connectivity index is 1.65. The Hall–Kier alpha value is -4.18. The molecule has 0 heterocycles. The number of rotatable bonds is 9. The first-order valence-electron chi connectivity index (χ1n) is 11.9. The van der Waals surface area contributed by atoms with Crippen LogP contribution in [0.25, 0.3) is 0 Å². The lowest BCUT2D eigenvalue weighted by atomic mass is 10.0. The van der Waals surface area contributed by atoms with Crippen molar-refractivity contribution in [1.82, 2.24) is 10.2 Å². The number of hydrogen-bond donors (Lipinski definition) is 1. The number of hydrogen-bond acceptors (Lipinski definition) is 2. The minimum absolute atomic E-state index is 0.0978. The molecule has 4 aromatic rings. The minimum atomic E-state index is -0.752. The fraction of sp³-hybridized carbons (Fsp3) is 0.161. The highest BCUT2D eigenvalue weighted by atomic mass is 16.2. The van der Waals surface area contributed by atoms with E-state index in [1.807, 2.05) is 122 Å². The summed E-state index contributed by atoms with van der Waals surface area (Å²) in [4.78, 5) is 29.1. The Bertz CT molecular complexity index is 1220. The molecule has 35 heavy (non-hydrogen) atoms. The third kappa shape index (κ3) is 6.67.